The lowest BCUT2D eigenvalue weighted by Gasteiger charge is -2.19. The summed E-state index contributed by atoms with van der Waals surface area (Å²) < 4.78 is 7.98. The quantitative estimate of drug-likeness (QED) is 0.386. The Labute approximate surface area is 177 Å². The van der Waals surface area contributed by atoms with Crippen molar-refractivity contribution in [1.29, 1.82) is 0 Å². The number of fused-ring (bicyclic) bond motifs is 1. The van der Waals surface area contributed by atoms with Gasteiger partial charge < -0.3 is 9.30 Å². The molecular formula is C26H26N2O2. The molecule has 4 heteroatoms. The predicted molar refractivity (Wildman–Crippen MR) is 120 cm³/mol. The number of ether oxygens (including phenoxy) is 1. The number of carbonyl (C=O) groups is 1. The van der Waals surface area contributed by atoms with E-state index in [0.717, 1.165) is 22.6 Å². The van der Waals surface area contributed by atoms with Crippen molar-refractivity contribution in [3.63, 3.8) is 0 Å². The average Bonchev–Trinajstić information content (AvgIpc) is 3.10. The van der Waals surface area contributed by atoms with Gasteiger partial charge in [0.15, 0.2) is 5.78 Å². The van der Waals surface area contributed by atoms with E-state index in [1.165, 1.54) is 5.56 Å². The van der Waals surface area contributed by atoms with E-state index in [4.69, 9.17) is 9.72 Å². The molecule has 0 bridgehead atoms. The van der Waals surface area contributed by atoms with E-state index < -0.39 is 0 Å². The zero-order valence-corrected chi connectivity index (χ0v) is 17.6. The summed E-state index contributed by atoms with van der Waals surface area (Å²) in [6.45, 7) is 7.09. The molecule has 0 spiro atoms. The molecule has 1 heterocycles. The minimum absolute atomic E-state index is 0.0505. The topological polar surface area (TPSA) is 44.1 Å². The Balaban J connectivity index is 1.58. The molecule has 3 aromatic carbocycles. The summed E-state index contributed by atoms with van der Waals surface area (Å²) in [5, 5.41) is 0. The molecule has 0 aliphatic carbocycles. The van der Waals surface area contributed by atoms with Crippen LogP contribution in [0.25, 0.3) is 11.0 Å². The molecule has 0 saturated heterocycles. The molecule has 4 rings (SSSR count). The molecule has 0 aliphatic heterocycles. The maximum absolute atomic E-state index is 12.8. The predicted octanol–water partition coefficient (Wildman–Crippen LogP) is 5.80. The number of hydrogen-bond acceptors (Lipinski definition) is 3. The molecule has 4 nitrogen and oxygen atoms in total. The molecule has 0 N–H and O–H groups in total. The number of carbonyl (C=O) groups excluding carboxylic acids is 1. The Kier molecular flexibility index (Phi) is 5.40. The Morgan fingerprint density at radius 2 is 1.57 bits per heavy atom. The Bertz CT molecular complexity index is 1150. The van der Waals surface area contributed by atoms with Gasteiger partial charge in [0.2, 0.25) is 0 Å². The van der Waals surface area contributed by atoms with E-state index in [-0.39, 0.29) is 17.7 Å². The van der Waals surface area contributed by atoms with Crippen LogP contribution in [0.4, 0.5) is 0 Å². The number of nitrogens with zero attached hydrogens (tertiary/aromatic N) is 2. The van der Waals surface area contributed by atoms with Gasteiger partial charge in [0, 0.05) is 5.56 Å². The van der Waals surface area contributed by atoms with Crippen LogP contribution in [0.3, 0.4) is 0 Å². The lowest BCUT2D eigenvalue weighted by Crippen LogP contribution is -2.14. The highest BCUT2D eigenvalue weighted by Gasteiger charge is 2.16. The maximum atomic E-state index is 12.8. The monoisotopic (exact) mass is 398 g/mol. The SMILES string of the molecule is CC(C)(C)c1ccc(OCc2nc3ccccc3n2CC(=O)c2ccccc2)cc1. The second-order valence-corrected chi connectivity index (χ2v) is 8.46. The fourth-order valence-electron chi connectivity index (χ4n) is 3.47. The normalized spacial score (nSPS) is 11.6. The fraction of sp³-hybridized carbons (Fsp3) is 0.231. The van der Waals surface area contributed by atoms with Crippen LogP contribution in [0.5, 0.6) is 5.75 Å². The molecule has 4 aromatic rings. The molecule has 0 fully saturated rings. The molecule has 1 aromatic heterocycles. The largest absolute Gasteiger partial charge is 0.486 e. The van der Waals surface area contributed by atoms with Crippen molar-refractivity contribution in [3.05, 3.63) is 95.8 Å². The van der Waals surface area contributed by atoms with Gasteiger partial charge in [-0.15, -0.1) is 0 Å². The third-order valence-electron chi connectivity index (χ3n) is 5.22. The van der Waals surface area contributed by atoms with Gasteiger partial charge in [-0.2, -0.15) is 0 Å². The number of benzene rings is 3. The Hall–Kier alpha value is -3.40. The van der Waals surface area contributed by atoms with E-state index >= 15 is 0 Å². The first-order valence-corrected chi connectivity index (χ1v) is 10.2. The van der Waals surface area contributed by atoms with E-state index in [2.05, 4.69) is 32.9 Å². The van der Waals surface area contributed by atoms with Gasteiger partial charge in [0.1, 0.15) is 18.2 Å². The molecule has 30 heavy (non-hydrogen) atoms. The van der Waals surface area contributed by atoms with E-state index in [1.807, 2.05) is 71.3 Å². The van der Waals surface area contributed by atoms with Gasteiger partial charge in [0.25, 0.3) is 0 Å². The van der Waals surface area contributed by atoms with Gasteiger partial charge >= 0.3 is 0 Å². The molecule has 0 saturated carbocycles. The number of rotatable bonds is 6. The van der Waals surface area contributed by atoms with Crippen LogP contribution in [0.1, 0.15) is 42.5 Å². The summed E-state index contributed by atoms with van der Waals surface area (Å²) in [5.74, 6) is 1.57. The average molecular weight is 399 g/mol. The minimum Gasteiger partial charge on any atom is -0.486 e. The van der Waals surface area contributed by atoms with Gasteiger partial charge in [-0.1, -0.05) is 75.4 Å². The number of ketones is 1. The zero-order chi connectivity index (χ0) is 21.1. The highest BCUT2D eigenvalue weighted by molar-refractivity contribution is 5.96. The Morgan fingerprint density at radius 1 is 0.900 bits per heavy atom. The molecule has 0 atom stereocenters. The van der Waals surface area contributed by atoms with Crippen molar-refractivity contribution < 1.29 is 9.53 Å². The molecular weight excluding hydrogens is 372 g/mol. The van der Waals surface area contributed by atoms with Crippen LogP contribution in [0.15, 0.2) is 78.9 Å². The number of aromatic nitrogens is 2. The van der Waals surface area contributed by atoms with Gasteiger partial charge in [-0.05, 0) is 35.2 Å². The van der Waals surface area contributed by atoms with Crippen LogP contribution in [0.2, 0.25) is 0 Å². The number of Topliss-reactive ketones (excluding diaryl/α,β-unsaturated/α-hetero) is 1. The maximum Gasteiger partial charge on any atom is 0.182 e. The van der Waals surface area contributed by atoms with Gasteiger partial charge in [-0.3, -0.25) is 4.79 Å². The van der Waals surface area contributed by atoms with Crippen LogP contribution in [-0.2, 0) is 18.6 Å². The molecule has 152 valence electrons. The summed E-state index contributed by atoms with van der Waals surface area (Å²) in [6, 6.07) is 25.4. The van der Waals surface area contributed by atoms with Crippen molar-refractivity contribution in [1.82, 2.24) is 9.55 Å². The first-order chi connectivity index (χ1) is 14.4. The lowest BCUT2D eigenvalue weighted by atomic mass is 9.87. The highest BCUT2D eigenvalue weighted by atomic mass is 16.5. The zero-order valence-electron chi connectivity index (χ0n) is 17.6. The number of para-hydroxylation sites is 2. The minimum atomic E-state index is 0.0505. The third kappa shape index (κ3) is 4.28. The van der Waals surface area contributed by atoms with E-state index in [1.54, 1.807) is 0 Å². The van der Waals surface area contributed by atoms with E-state index in [9.17, 15) is 4.79 Å². The van der Waals surface area contributed by atoms with E-state index in [0.29, 0.717) is 12.2 Å². The summed E-state index contributed by atoms with van der Waals surface area (Å²) in [5.41, 5.74) is 3.85. The third-order valence-corrected chi connectivity index (χ3v) is 5.22. The van der Waals surface area contributed by atoms with Crippen molar-refractivity contribution in [2.45, 2.75) is 39.3 Å². The van der Waals surface area contributed by atoms with Crippen LogP contribution >= 0.6 is 0 Å². The first-order valence-electron chi connectivity index (χ1n) is 10.2. The molecule has 0 amide bonds. The summed E-state index contributed by atoms with van der Waals surface area (Å²) in [4.78, 5) is 17.5. The van der Waals surface area contributed by atoms with Crippen molar-refractivity contribution in [2.24, 2.45) is 0 Å². The molecule has 0 aliphatic rings. The smallest absolute Gasteiger partial charge is 0.182 e. The molecule has 0 unspecified atom stereocenters. The molecule has 0 radical (unpaired) electrons. The van der Waals surface area contributed by atoms with Crippen molar-refractivity contribution in [2.75, 3.05) is 0 Å². The summed E-state index contributed by atoms with van der Waals surface area (Å²) >= 11 is 0. The standard InChI is InChI=1S/C26H26N2O2/c1-26(2,3)20-13-15-21(16-14-20)30-18-25-27-22-11-7-8-12-23(22)28(25)17-24(29)19-9-5-4-6-10-19/h4-16H,17-18H2,1-3H3. The van der Waals surface area contributed by atoms with Crippen LogP contribution in [0, 0.1) is 0 Å². The van der Waals surface area contributed by atoms with Crippen LogP contribution in [-0.4, -0.2) is 15.3 Å². The Morgan fingerprint density at radius 3 is 2.27 bits per heavy atom. The number of imidazole rings is 1. The first kappa shape index (κ1) is 19.9. The van der Waals surface area contributed by atoms with Crippen molar-refractivity contribution >= 4 is 16.8 Å². The lowest BCUT2D eigenvalue weighted by molar-refractivity contribution is 0.0971. The summed E-state index contributed by atoms with van der Waals surface area (Å²) in [7, 11) is 0. The second-order valence-electron chi connectivity index (χ2n) is 8.46. The van der Waals surface area contributed by atoms with Gasteiger partial charge in [0.05, 0.1) is 17.6 Å². The summed E-state index contributed by atoms with van der Waals surface area (Å²) in [6.07, 6.45) is 0. The second kappa shape index (κ2) is 8.15. The number of hydrogen-bond donors (Lipinski definition) is 0. The van der Waals surface area contributed by atoms with Crippen LogP contribution < -0.4 is 4.74 Å². The highest BCUT2D eigenvalue weighted by Crippen LogP contribution is 2.25. The fourth-order valence-corrected chi connectivity index (χ4v) is 3.47. The van der Waals surface area contributed by atoms with Crippen molar-refractivity contribution in [3.8, 4) is 5.75 Å². The van der Waals surface area contributed by atoms with Gasteiger partial charge in [-0.25, -0.2) is 4.98 Å².